The molecule has 2 aromatic rings. The molecule has 0 bridgehead atoms. The highest BCUT2D eigenvalue weighted by Crippen LogP contribution is 2.39. The van der Waals surface area contributed by atoms with E-state index in [1.54, 1.807) is 14.2 Å². The molecule has 1 heterocycles. The lowest BCUT2D eigenvalue weighted by Crippen LogP contribution is -2.35. The van der Waals surface area contributed by atoms with Crippen LogP contribution in [0.2, 0.25) is 0 Å². The fraction of sp³-hybridized carbons (Fsp3) is 0.364. The quantitative estimate of drug-likeness (QED) is 0.686. The highest BCUT2D eigenvalue weighted by atomic mass is 79.9. The molecule has 0 aromatic heterocycles. The summed E-state index contributed by atoms with van der Waals surface area (Å²) in [7, 11) is 3.22. The fourth-order valence-electron chi connectivity index (χ4n) is 3.29. The molecule has 0 radical (unpaired) electrons. The van der Waals surface area contributed by atoms with Gasteiger partial charge in [0.25, 0.3) is 0 Å². The first-order valence-electron chi connectivity index (χ1n) is 9.30. The van der Waals surface area contributed by atoms with Gasteiger partial charge in [-0.25, -0.2) is 0 Å². The number of hydrogen-bond donors (Lipinski definition) is 1. The van der Waals surface area contributed by atoms with Gasteiger partial charge in [-0.15, -0.1) is 0 Å². The van der Waals surface area contributed by atoms with E-state index in [9.17, 15) is 5.11 Å². The van der Waals surface area contributed by atoms with E-state index in [-0.39, 0.29) is 5.75 Å². The summed E-state index contributed by atoms with van der Waals surface area (Å²) in [6.45, 7) is 3.72. The maximum atomic E-state index is 11.0. The molecule has 1 aliphatic heterocycles. The summed E-state index contributed by atoms with van der Waals surface area (Å²) in [5.74, 6) is 1.50. The van der Waals surface area contributed by atoms with Crippen molar-refractivity contribution in [1.29, 1.82) is 0 Å². The average molecular weight is 448 g/mol. The van der Waals surface area contributed by atoms with Crippen LogP contribution in [0, 0.1) is 0 Å². The van der Waals surface area contributed by atoms with Gasteiger partial charge >= 0.3 is 0 Å². The first-order valence-corrected chi connectivity index (χ1v) is 10.1. The van der Waals surface area contributed by atoms with Crippen molar-refractivity contribution in [3.05, 3.63) is 57.6 Å². The van der Waals surface area contributed by atoms with Crippen LogP contribution in [0.3, 0.4) is 0 Å². The van der Waals surface area contributed by atoms with Crippen molar-refractivity contribution in [1.82, 2.24) is 4.90 Å². The number of benzene rings is 2. The smallest absolute Gasteiger partial charge is 0.131 e. The third-order valence-electron chi connectivity index (χ3n) is 4.86. The molecule has 2 aromatic carbocycles. The molecule has 1 fully saturated rings. The molecule has 1 saturated heterocycles. The van der Waals surface area contributed by atoms with E-state index in [0.29, 0.717) is 37.7 Å². The third kappa shape index (κ3) is 5.07. The van der Waals surface area contributed by atoms with Gasteiger partial charge in [0.2, 0.25) is 0 Å². The lowest BCUT2D eigenvalue weighted by Gasteiger charge is -2.28. The van der Waals surface area contributed by atoms with E-state index in [1.165, 1.54) is 0 Å². The van der Waals surface area contributed by atoms with Gasteiger partial charge in [0, 0.05) is 35.7 Å². The topological polar surface area (TPSA) is 51.2 Å². The van der Waals surface area contributed by atoms with Crippen molar-refractivity contribution in [2.75, 3.05) is 40.5 Å². The van der Waals surface area contributed by atoms with Crippen LogP contribution in [-0.4, -0.2) is 50.5 Å². The summed E-state index contributed by atoms with van der Waals surface area (Å²) in [4.78, 5) is 2.26. The minimum atomic E-state index is 0.239. The molecule has 5 nitrogen and oxygen atoms in total. The van der Waals surface area contributed by atoms with Gasteiger partial charge in [-0.3, -0.25) is 4.90 Å². The number of morpholine rings is 1. The molecular formula is C22H26BrNO4. The monoisotopic (exact) mass is 447 g/mol. The van der Waals surface area contributed by atoms with Crippen molar-refractivity contribution in [2.24, 2.45) is 0 Å². The lowest BCUT2D eigenvalue weighted by atomic mass is 10.0. The molecule has 3 rings (SSSR count). The molecule has 0 saturated carbocycles. The highest BCUT2D eigenvalue weighted by Gasteiger charge is 2.21. The molecule has 150 valence electrons. The zero-order chi connectivity index (χ0) is 19.9. The first-order chi connectivity index (χ1) is 13.6. The van der Waals surface area contributed by atoms with E-state index < -0.39 is 0 Å². The summed E-state index contributed by atoms with van der Waals surface area (Å²) in [6.07, 6.45) is 4.63. The largest absolute Gasteiger partial charge is 0.507 e. The minimum Gasteiger partial charge on any atom is -0.507 e. The minimum absolute atomic E-state index is 0.239. The molecule has 1 N–H and O–H groups in total. The molecule has 0 aliphatic carbocycles. The van der Waals surface area contributed by atoms with E-state index in [1.807, 2.05) is 42.5 Å². The van der Waals surface area contributed by atoms with Gasteiger partial charge in [-0.05, 0) is 24.1 Å². The van der Waals surface area contributed by atoms with Gasteiger partial charge in [0.1, 0.15) is 17.2 Å². The lowest BCUT2D eigenvalue weighted by molar-refractivity contribution is 0.0335. The standard InChI is InChI=1S/C22H26BrNO4/c1-26-20-14-21(27-2)19(15-24-10-12-28-13-11-24)22(25)18(20)5-3-4-16-6-8-17(23)9-7-16/h3-4,6-9,14,25H,5,10-13,15H2,1-2H3/b4-3+. The van der Waals surface area contributed by atoms with E-state index in [2.05, 4.69) is 20.8 Å². The zero-order valence-electron chi connectivity index (χ0n) is 16.3. The Hall–Kier alpha value is -2.02. The summed E-state index contributed by atoms with van der Waals surface area (Å²) < 4.78 is 17.5. The van der Waals surface area contributed by atoms with Gasteiger partial charge in [-0.1, -0.05) is 40.2 Å². The number of rotatable bonds is 7. The number of methoxy groups -OCH3 is 2. The fourth-order valence-corrected chi connectivity index (χ4v) is 3.56. The predicted octanol–water partition coefficient (Wildman–Crippen LogP) is 4.26. The SMILES string of the molecule is COc1cc(OC)c(CN2CCOCC2)c(O)c1C/C=C/c1ccc(Br)cc1. The first kappa shape index (κ1) is 20.7. The number of nitrogens with zero attached hydrogens (tertiary/aromatic N) is 1. The maximum Gasteiger partial charge on any atom is 0.131 e. The molecule has 0 spiro atoms. The number of phenolic OH excluding ortho intramolecular Hbond substituents is 1. The molecule has 0 amide bonds. The number of aromatic hydroxyl groups is 1. The van der Waals surface area contributed by atoms with Gasteiger partial charge in [0.15, 0.2) is 0 Å². The molecule has 28 heavy (non-hydrogen) atoms. The molecule has 0 unspecified atom stereocenters. The Labute approximate surface area is 174 Å². The Morgan fingerprint density at radius 1 is 1.07 bits per heavy atom. The Morgan fingerprint density at radius 2 is 1.71 bits per heavy atom. The van der Waals surface area contributed by atoms with Crippen LogP contribution in [0.25, 0.3) is 6.08 Å². The van der Waals surface area contributed by atoms with Gasteiger partial charge < -0.3 is 19.3 Å². The van der Waals surface area contributed by atoms with Crippen LogP contribution >= 0.6 is 15.9 Å². The Bertz CT molecular complexity index is 814. The molecule has 1 aliphatic rings. The Balaban J connectivity index is 1.85. The van der Waals surface area contributed by atoms with Crippen LogP contribution in [0.4, 0.5) is 0 Å². The van der Waals surface area contributed by atoms with Gasteiger partial charge in [-0.2, -0.15) is 0 Å². The summed E-state index contributed by atoms with van der Waals surface area (Å²) in [6, 6.07) is 9.94. The summed E-state index contributed by atoms with van der Waals surface area (Å²) >= 11 is 3.44. The van der Waals surface area contributed by atoms with Crippen LogP contribution in [0.1, 0.15) is 16.7 Å². The Morgan fingerprint density at radius 3 is 2.36 bits per heavy atom. The normalized spacial score (nSPS) is 15.1. The molecule has 6 heteroatoms. The molecular weight excluding hydrogens is 422 g/mol. The van der Waals surface area contributed by atoms with Crippen LogP contribution < -0.4 is 9.47 Å². The van der Waals surface area contributed by atoms with Crippen molar-refractivity contribution in [3.63, 3.8) is 0 Å². The van der Waals surface area contributed by atoms with Crippen molar-refractivity contribution in [2.45, 2.75) is 13.0 Å². The van der Waals surface area contributed by atoms with Crippen LogP contribution in [-0.2, 0) is 17.7 Å². The second-order valence-corrected chi connectivity index (χ2v) is 7.55. The van der Waals surface area contributed by atoms with Gasteiger partial charge in [0.05, 0.1) is 33.0 Å². The van der Waals surface area contributed by atoms with Crippen molar-refractivity contribution in [3.8, 4) is 17.2 Å². The maximum absolute atomic E-state index is 11.0. The van der Waals surface area contributed by atoms with Crippen molar-refractivity contribution < 1.29 is 19.3 Å². The number of hydrogen-bond acceptors (Lipinski definition) is 5. The highest BCUT2D eigenvalue weighted by molar-refractivity contribution is 9.10. The number of allylic oxidation sites excluding steroid dienone is 1. The number of ether oxygens (including phenoxy) is 3. The summed E-state index contributed by atoms with van der Waals surface area (Å²) in [5, 5.41) is 11.0. The average Bonchev–Trinajstić information content (AvgIpc) is 2.73. The predicted molar refractivity (Wildman–Crippen MR) is 114 cm³/mol. The summed E-state index contributed by atoms with van der Waals surface area (Å²) in [5.41, 5.74) is 2.65. The Kier molecular flexibility index (Phi) is 7.36. The van der Waals surface area contributed by atoms with Crippen molar-refractivity contribution >= 4 is 22.0 Å². The van der Waals surface area contributed by atoms with Crippen LogP contribution in [0.5, 0.6) is 17.2 Å². The van der Waals surface area contributed by atoms with E-state index in [0.717, 1.165) is 34.3 Å². The second kappa shape index (κ2) is 9.96. The zero-order valence-corrected chi connectivity index (χ0v) is 17.9. The number of phenols is 1. The van der Waals surface area contributed by atoms with Crippen LogP contribution in [0.15, 0.2) is 40.9 Å². The van der Waals surface area contributed by atoms with E-state index in [4.69, 9.17) is 14.2 Å². The third-order valence-corrected chi connectivity index (χ3v) is 5.38. The number of halogens is 1. The molecule has 0 atom stereocenters. The second-order valence-electron chi connectivity index (χ2n) is 6.63. The van der Waals surface area contributed by atoms with E-state index >= 15 is 0 Å².